The van der Waals surface area contributed by atoms with Crippen LogP contribution in [0.15, 0.2) is 54.6 Å². The van der Waals surface area contributed by atoms with Crippen LogP contribution in [0.3, 0.4) is 0 Å². The number of aromatic nitrogens is 2. The highest BCUT2D eigenvalue weighted by Gasteiger charge is 2.11. The zero-order valence-electron chi connectivity index (χ0n) is 16.0. The molecule has 0 radical (unpaired) electrons. The average molecular weight is 378 g/mol. The van der Waals surface area contributed by atoms with Crippen molar-refractivity contribution in [3.63, 3.8) is 0 Å². The van der Waals surface area contributed by atoms with E-state index < -0.39 is 0 Å². The standard InChI is InChI=1S/C22H23FN4O/c1-15-7-3-4-9-18(15)14-25-21-13-20(26-16(2)27-21)22(28)24-12-11-17-8-5-6-10-19(17)23/h3-10,13H,11-12,14H2,1-2H3,(H,24,28)(H,25,26,27). The van der Waals surface area contributed by atoms with Gasteiger partial charge < -0.3 is 10.6 Å². The second-order valence-electron chi connectivity index (χ2n) is 6.56. The molecule has 0 atom stereocenters. The highest BCUT2D eigenvalue weighted by molar-refractivity contribution is 5.92. The average Bonchev–Trinajstić information content (AvgIpc) is 2.68. The molecule has 1 aromatic heterocycles. The summed E-state index contributed by atoms with van der Waals surface area (Å²) in [6, 6.07) is 16.3. The number of aryl methyl sites for hydroxylation is 2. The minimum atomic E-state index is -0.305. The molecule has 0 aliphatic rings. The minimum absolute atomic E-state index is 0.266. The lowest BCUT2D eigenvalue weighted by Crippen LogP contribution is -2.27. The van der Waals surface area contributed by atoms with Crippen LogP contribution in [-0.4, -0.2) is 22.4 Å². The number of hydrogen-bond donors (Lipinski definition) is 2. The first-order valence-electron chi connectivity index (χ1n) is 9.18. The number of carbonyl (C=O) groups excluding carboxylic acids is 1. The number of anilines is 1. The largest absolute Gasteiger partial charge is 0.366 e. The molecular weight excluding hydrogens is 355 g/mol. The van der Waals surface area contributed by atoms with Crippen molar-refractivity contribution in [3.05, 3.63) is 88.6 Å². The van der Waals surface area contributed by atoms with Crippen LogP contribution >= 0.6 is 0 Å². The van der Waals surface area contributed by atoms with Crippen molar-refractivity contribution >= 4 is 11.7 Å². The van der Waals surface area contributed by atoms with E-state index in [0.29, 0.717) is 36.7 Å². The van der Waals surface area contributed by atoms with E-state index in [1.54, 1.807) is 31.2 Å². The summed E-state index contributed by atoms with van der Waals surface area (Å²) >= 11 is 0. The van der Waals surface area contributed by atoms with Gasteiger partial charge in [0.2, 0.25) is 0 Å². The molecule has 28 heavy (non-hydrogen) atoms. The molecule has 6 heteroatoms. The Morgan fingerprint density at radius 1 is 1.00 bits per heavy atom. The molecule has 0 unspecified atom stereocenters. The van der Waals surface area contributed by atoms with Crippen molar-refractivity contribution in [3.8, 4) is 0 Å². The van der Waals surface area contributed by atoms with Crippen molar-refractivity contribution in [2.45, 2.75) is 26.8 Å². The van der Waals surface area contributed by atoms with Crippen LogP contribution < -0.4 is 10.6 Å². The number of benzene rings is 2. The van der Waals surface area contributed by atoms with Crippen molar-refractivity contribution in [1.29, 1.82) is 0 Å². The Morgan fingerprint density at radius 2 is 1.71 bits per heavy atom. The quantitative estimate of drug-likeness (QED) is 0.656. The Balaban J connectivity index is 1.61. The van der Waals surface area contributed by atoms with Gasteiger partial charge in [0.15, 0.2) is 0 Å². The second kappa shape index (κ2) is 9.08. The number of carbonyl (C=O) groups is 1. The first kappa shape index (κ1) is 19.5. The molecule has 3 aromatic rings. The molecule has 0 spiro atoms. The van der Waals surface area contributed by atoms with E-state index >= 15 is 0 Å². The molecule has 3 rings (SSSR count). The van der Waals surface area contributed by atoms with Crippen LogP contribution in [0.2, 0.25) is 0 Å². The van der Waals surface area contributed by atoms with Gasteiger partial charge >= 0.3 is 0 Å². The predicted octanol–water partition coefficient (Wildman–Crippen LogP) is 3.82. The number of nitrogens with zero attached hydrogens (tertiary/aromatic N) is 2. The Bertz CT molecular complexity index is 974. The molecule has 0 saturated carbocycles. The Morgan fingerprint density at radius 3 is 2.46 bits per heavy atom. The van der Waals surface area contributed by atoms with Gasteiger partial charge in [-0.25, -0.2) is 14.4 Å². The molecule has 1 heterocycles. The maximum absolute atomic E-state index is 13.7. The summed E-state index contributed by atoms with van der Waals surface area (Å²) < 4.78 is 13.7. The number of rotatable bonds is 7. The van der Waals surface area contributed by atoms with Gasteiger partial charge in [0.1, 0.15) is 23.2 Å². The van der Waals surface area contributed by atoms with E-state index in [4.69, 9.17) is 0 Å². The fourth-order valence-electron chi connectivity index (χ4n) is 2.87. The summed E-state index contributed by atoms with van der Waals surface area (Å²) in [5, 5.41) is 6.03. The van der Waals surface area contributed by atoms with Crippen LogP contribution in [0.1, 0.15) is 33.0 Å². The molecule has 2 aromatic carbocycles. The van der Waals surface area contributed by atoms with E-state index in [1.165, 1.54) is 11.6 Å². The van der Waals surface area contributed by atoms with Gasteiger partial charge in [-0.1, -0.05) is 42.5 Å². The summed E-state index contributed by atoms with van der Waals surface area (Å²) in [7, 11) is 0. The fourth-order valence-corrected chi connectivity index (χ4v) is 2.87. The first-order valence-corrected chi connectivity index (χ1v) is 9.18. The first-order chi connectivity index (χ1) is 13.5. The Kier molecular flexibility index (Phi) is 6.32. The van der Waals surface area contributed by atoms with Gasteiger partial charge in [-0.15, -0.1) is 0 Å². The molecule has 0 fully saturated rings. The summed E-state index contributed by atoms with van der Waals surface area (Å²) in [5.74, 6) is 0.530. The highest BCUT2D eigenvalue weighted by Crippen LogP contribution is 2.12. The molecule has 0 aliphatic heterocycles. The maximum atomic E-state index is 13.7. The lowest BCUT2D eigenvalue weighted by atomic mass is 10.1. The fraction of sp³-hybridized carbons (Fsp3) is 0.227. The van der Waals surface area contributed by atoms with Crippen molar-refractivity contribution < 1.29 is 9.18 Å². The third kappa shape index (κ3) is 5.13. The Labute approximate surface area is 164 Å². The number of halogens is 1. The van der Waals surface area contributed by atoms with Crippen LogP contribution in [0.4, 0.5) is 10.2 Å². The number of amides is 1. The van der Waals surface area contributed by atoms with Crippen molar-refractivity contribution in [2.75, 3.05) is 11.9 Å². The number of nitrogens with one attached hydrogen (secondary N) is 2. The van der Waals surface area contributed by atoms with Gasteiger partial charge in [0.25, 0.3) is 5.91 Å². The van der Waals surface area contributed by atoms with Gasteiger partial charge in [0.05, 0.1) is 0 Å². The van der Waals surface area contributed by atoms with E-state index in [-0.39, 0.29) is 17.4 Å². The number of hydrogen-bond acceptors (Lipinski definition) is 4. The summed E-state index contributed by atoms with van der Waals surface area (Å²) in [4.78, 5) is 21.0. The summed E-state index contributed by atoms with van der Waals surface area (Å²) in [6.07, 6.45) is 0.418. The van der Waals surface area contributed by atoms with Gasteiger partial charge in [-0.2, -0.15) is 0 Å². The van der Waals surface area contributed by atoms with Crippen LogP contribution in [0.5, 0.6) is 0 Å². The van der Waals surface area contributed by atoms with E-state index in [1.807, 2.05) is 18.2 Å². The van der Waals surface area contributed by atoms with Crippen LogP contribution in [0, 0.1) is 19.7 Å². The lowest BCUT2D eigenvalue weighted by molar-refractivity contribution is 0.0948. The second-order valence-corrected chi connectivity index (χ2v) is 6.56. The topological polar surface area (TPSA) is 66.9 Å². The lowest BCUT2D eigenvalue weighted by Gasteiger charge is -2.11. The summed E-state index contributed by atoms with van der Waals surface area (Å²) in [5.41, 5.74) is 3.21. The molecule has 2 N–H and O–H groups in total. The molecular formula is C22H23FN4O. The zero-order chi connectivity index (χ0) is 19.9. The molecule has 1 amide bonds. The van der Waals surface area contributed by atoms with Crippen molar-refractivity contribution in [2.24, 2.45) is 0 Å². The smallest absolute Gasteiger partial charge is 0.270 e. The molecule has 0 saturated heterocycles. The zero-order valence-corrected chi connectivity index (χ0v) is 16.0. The van der Waals surface area contributed by atoms with Crippen molar-refractivity contribution in [1.82, 2.24) is 15.3 Å². The Hall–Kier alpha value is -3.28. The monoisotopic (exact) mass is 378 g/mol. The molecule has 144 valence electrons. The normalized spacial score (nSPS) is 10.5. The molecule has 0 bridgehead atoms. The summed E-state index contributed by atoms with van der Waals surface area (Å²) in [6.45, 7) is 4.73. The van der Waals surface area contributed by atoms with E-state index in [2.05, 4.69) is 33.6 Å². The third-order valence-corrected chi connectivity index (χ3v) is 4.43. The van der Waals surface area contributed by atoms with Crippen LogP contribution in [-0.2, 0) is 13.0 Å². The van der Waals surface area contributed by atoms with E-state index in [0.717, 1.165) is 5.56 Å². The highest BCUT2D eigenvalue weighted by atomic mass is 19.1. The minimum Gasteiger partial charge on any atom is -0.366 e. The van der Waals surface area contributed by atoms with Gasteiger partial charge in [0, 0.05) is 19.2 Å². The third-order valence-electron chi connectivity index (χ3n) is 4.43. The van der Waals surface area contributed by atoms with E-state index in [9.17, 15) is 9.18 Å². The SMILES string of the molecule is Cc1nc(NCc2ccccc2C)cc(C(=O)NCCc2ccccc2F)n1. The molecule has 0 aliphatic carbocycles. The maximum Gasteiger partial charge on any atom is 0.270 e. The van der Waals surface area contributed by atoms with Crippen LogP contribution in [0.25, 0.3) is 0 Å². The molecule has 5 nitrogen and oxygen atoms in total. The predicted molar refractivity (Wildman–Crippen MR) is 108 cm³/mol. The van der Waals surface area contributed by atoms with Gasteiger partial charge in [-0.3, -0.25) is 4.79 Å². The van der Waals surface area contributed by atoms with Gasteiger partial charge in [-0.05, 0) is 43.0 Å².